The molecule has 19 nitrogen and oxygen atoms in total. The number of hydrogen-bond acceptors (Lipinski definition) is 18. The smallest absolute Gasteiger partial charge is 0.220 e. The van der Waals surface area contributed by atoms with Crippen molar-refractivity contribution in [2.24, 2.45) is 0 Å². The molecule has 3 fully saturated rings. The van der Waals surface area contributed by atoms with Crippen molar-refractivity contribution in [2.45, 2.75) is 369 Å². The van der Waals surface area contributed by atoms with Gasteiger partial charge in [0.2, 0.25) is 5.91 Å². The number of rotatable bonds is 57. The quantitative estimate of drug-likeness (QED) is 0.0199. The van der Waals surface area contributed by atoms with Gasteiger partial charge in [0.05, 0.1) is 38.6 Å². The van der Waals surface area contributed by atoms with Crippen LogP contribution in [0.15, 0.2) is 72.9 Å². The highest BCUT2D eigenvalue weighted by Gasteiger charge is 2.53. The van der Waals surface area contributed by atoms with E-state index in [9.17, 15) is 61.0 Å². The summed E-state index contributed by atoms with van der Waals surface area (Å²) >= 11 is 0. The van der Waals surface area contributed by atoms with Crippen LogP contribution in [0.4, 0.5) is 0 Å². The van der Waals surface area contributed by atoms with E-state index in [1.54, 1.807) is 6.08 Å². The number of carbonyl (C=O) groups is 1. The summed E-state index contributed by atoms with van der Waals surface area (Å²) in [6.07, 6.45) is 44.4. The Hall–Kier alpha value is -2.77. The lowest BCUT2D eigenvalue weighted by molar-refractivity contribution is -0.379. The van der Waals surface area contributed by atoms with Crippen LogP contribution in [0.5, 0.6) is 0 Å². The summed E-state index contributed by atoms with van der Waals surface area (Å²) in [5, 5.41) is 121. The van der Waals surface area contributed by atoms with E-state index in [0.717, 1.165) is 89.9 Å². The number of hydrogen-bond donors (Lipinski definition) is 12. The maximum atomic E-state index is 13.4. The molecule has 3 aliphatic heterocycles. The predicted molar refractivity (Wildman–Crippen MR) is 369 cm³/mol. The number of allylic oxidation sites excluding steroid dienone is 11. The molecule has 0 aromatic rings. The monoisotopic (exact) mass is 1340 g/mol. The SMILES string of the molecule is CC/C=C\C/C=C\C/C=C\C/C=C\C/C=C\CCCCCCCCCCCC(=O)NC(COC1OC(CO)C(OC2OC(CO)C(OC3OC(CO)C(O)C(O)C3O)C(O)C2O)C(O)C1O)C(O)/C=C/CCCCCCCCCCCCCCCCCCCCCCCC. The second kappa shape index (κ2) is 56.0. The first kappa shape index (κ1) is 85.5. The average Bonchev–Trinajstić information content (AvgIpc) is 0.788. The van der Waals surface area contributed by atoms with Gasteiger partial charge in [-0.1, -0.05) is 267 Å². The van der Waals surface area contributed by atoms with Crippen molar-refractivity contribution in [1.82, 2.24) is 5.32 Å². The molecule has 94 heavy (non-hydrogen) atoms. The Morgan fingerprint density at radius 1 is 0.394 bits per heavy atom. The van der Waals surface area contributed by atoms with Crippen LogP contribution in [0.1, 0.15) is 264 Å². The molecule has 0 spiro atoms. The summed E-state index contributed by atoms with van der Waals surface area (Å²) < 4.78 is 34.4. The molecule has 546 valence electrons. The second-order valence-electron chi connectivity index (χ2n) is 26.4. The molecule has 0 aromatic heterocycles. The van der Waals surface area contributed by atoms with Gasteiger partial charge in [-0.25, -0.2) is 0 Å². The van der Waals surface area contributed by atoms with E-state index in [2.05, 4.69) is 79.9 Å². The van der Waals surface area contributed by atoms with Crippen molar-refractivity contribution >= 4 is 5.91 Å². The number of unbranched alkanes of at least 4 members (excludes halogenated alkanes) is 31. The van der Waals surface area contributed by atoms with Gasteiger partial charge in [-0.15, -0.1) is 0 Å². The van der Waals surface area contributed by atoms with Crippen LogP contribution in [0.25, 0.3) is 0 Å². The number of nitrogens with one attached hydrogen (secondary N) is 1. The second-order valence-corrected chi connectivity index (χ2v) is 26.4. The molecule has 19 heteroatoms. The standard InChI is InChI=1S/C75H133NO18/c1-3-5-7-9-11-13-15-17-19-21-23-25-27-29-31-33-35-37-39-41-43-45-47-49-51-53-63(81)76-58(59(80)52-50-48-46-44-42-40-38-36-34-32-30-28-26-24-22-20-18-16-14-12-10-8-6-4-2)57-89-73-69(87)66(84)71(61(55-78)91-73)94-75-70(88)67(85)72(62(56-79)92-75)93-74-68(86)65(83)64(82)60(54-77)90-74/h5,7,11,13,17,19,23,25,29,31,50,52,58-62,64-75,77-80,82-88H,3-4,6,8-10,12,14-16,18,20-22,24,26-28,30,32-49,51,53-57H2,1-2H3,(H,76,81)/b7-5-,13-11-,19-17-,25-23-,31-29-,52-50+. The van der Waals surface area contributed by atoms with Gasteiger partial charge in [-0.3, -0.25) is 4.79 Å². The van der Waals surface area contributed by atoms with Crippen LogP contribution in [-0.2, 0) is 33.2 Å². The zero-order valence-electron chi connectivity index (χ0n) is 57.9. The van der Waals surface area contributed by atoms with Gasteiger partial charge < -0.3 is 89.9 Å². The highest BCUT2D eigenvalue weighted by atomic mass is 16.8. The molecular formula is C75H133NO18. The van der Waals surface area contributed by atoms with Gasteiger partial charge in [0.1, 0.15) is 73.2 Å². The lowest BCUT2D eigenvalue weighted by Gasteiger charge is -2.48. The predicted octanol–water partition coefficient (Wildman–Crippen LogP) is 10.9. The summed E-state index contributed by atoms with van der Waals surface area (Å²) in [5.74, 6) is -0.282. The molecule has 3 saturated heterocycles. The molecule has 0 saturated carbocycles. The molecule has 3 aliphatic rings. The average molecular weight is 1340 g/mol. The molecule has 0 bridgehead atoms. The topological polar surface area (TPSA) is 307 Å². The fourth-order valence-corrected chi connectivity index (χ4v) is 12.3. The van der Waals surface area contributed by atoms with Crippen LogP contribution >= 0.6 is 0 Å². The Morgan fingerprint density at radius 3 is 1.15 bits per heavy atom. The van der Waals surface area contributed by atoms with Crippen LogP contribution in [0.2, 0.25) is 0 Å². The third-order valence-electron chi connectivity index (χ3n) is 18.3. The molecule has 0 radical (unpaired) electrons. The molecule has 0 aliphatic carbocycles. The lowest BCUT2D eigenvalue weighted by atomic mass is 9.96. The van der Waals surface area contributed by atoms with Crippen molar-refractivity contribution < 1.29 is 89.4 Å². The Kier molecular flexibility index (Phi) is 50.9. The van der Waals surface area contributed by atoms with Crippen LogP contribution in [-0.4, -0.2) is 193 Å². The van der Waals surface area contributed by atoms with Crippen molar-refractivity contribution in [3.05, 3.63) is 72.9 Å². The van der Waals surface area contributed by atoms with Crippen LogP contribution in [0.3, 0.4) is 0 Å². The van der Waals surface area contributed by atoms with Gasteiger partial charge >= 0.3 is 0 Å². The summed E-state index contributed by atoms with van der Waals surface area (Å²) in [6.45, 7) is 1.64. The number of aliphatic hydroxyl groups is 11. The normalized spacial score (nSPS) is 27.8. The highest BCUT2D eigenvalue weighted by Crippen LogP contribution is 2.33. The lowest BCUT2D eigenvalue weighted by Crippen LogP contribution is -2.66. The molecule has 3 heterocycles. The first-order chi connectivity index (χ1) is 45.8. The van der Waals surface area contributed by atoms with E-state index in [0.29, 0.717) is 6.42 Å². The fraction of sp³-hybridized carbons (Fsp3) is 0.827. The summed E-state index contributed by atoms with van der Waals surface area (Å²) in [4.78, 5) is 13.4. The van der Waals surface area contributed by atoms with Crippen molar-refractivity contribution in [2.75, 3.05) is 26.4 Å². The van der Waals surface area contributed by atoms with E-state index >= 15 is 0 Å². The number of aliphatic hydroxyl groups excluding tert-OH is 11. The number of carbonyl (C=O) groups excluding carboxylic acids is 1. The van der Waals surface area contributed by atoms with E-state index in [1.807, 2.05) is 6.08 Å². The van der Waals surface area contributed by atoms with Gasteiger partial charge in [0.25, 0.3) is 0 Å². The zero-order valence-corrected chi connectivity index (χ0v) is 57.9. The summed E-state index contributed by atoms with van der Waals surface area (Å²) in [7, 11) is 0. The van der Waals surface area contributed by atoms with Crippen molar-refractivity contribution in [1.29, 1.82) is 0 Å². The molecule has 12 N–H and O–H groups in total. The fourth-order valence-electron chi connectivity index (χ4n) is 12.3. The van der Waals surface area contributed by atoms with Gasteiger partial charge in [0, 0.05) is 6.42 Å². The van der Waals surface area contributed by atoms with Gasteiger partial charge in [-0.2, -0.15) is 0 Å². The maximum Gasteiger partial charge on any atom is 0.220 e. The van der Waals surface area contributed by atoms with Gasteiger partial charge in [-0.05, 0) is 64.2 Å². The summed E-state index contributed by atoms with van der Waals surface area (Å²) in [5.41, 5.74) is 0. The van der Waals surface area contributed by atoms with Gasteiger partial charge in [0.15, 0.2) is 18.9 Å². The summed E-state index contributed by atoms with van der Waals surface area (Å²) in [6, 6.07) is -0.982. The van der Waals surface area contributed by atoms with E-state index in [-0.39, 0.29) is 18.9 Å². The van der Waals surface area contributed by atoms with E-state index < -0.39 is 124 Å². The van der Waals surface area contributed by atoms with Crippen LogP contribution < -0.4 is 5.32 Å². The Morgan fingerprint density at radius 2 is 0.734 bits per heavy atom. The molecular weight excluding hydrogens is 1200 g/mol. The Bertz CT molecular complexity index is 1980. The first-order valence-electron chi connectivity index (χ1n) is 37.2. The Labute approximate surface area is 566 Å². The van der Waals surface area contributed by atoms with Crippen molar-refractivity contribution in [3.63, 3.8) is 0 Å². The highest BCUT2D eigenvalue weighted by molar-refractivity contribution is 5.76. The van der Waals surface area contributed by atoms with Crippen LogP contribution in [0, 0.1) is 0 Å². The first-order valence-corrected chi connectivity index (χ1v) is 37.2. The molecule has 1 amide bonds. The Balaban J connectivity index is 1.42. The number of amides is 1. The zero-order chi connectivity index (χ0) is 68.2. The molecule has 17 atom stereocenters. The van der Waals surface area contributed by atoms with E-state index in [4.69, 9.17) is 28.4 Å². The molecule has 0 aromatic carbocycles. The minimum atomic E-state index is -1.98. The number of ether oxygens (including phenoxy) is 6. The van der Waals surface area contributed by atoms with E-state index in [1.165, 1.54) is 148 Å². The largest absolute Gasteiger partial charge is 0.394 e. The third-order valence-corrected chi connectivity index (χ3v) is 18.3. The van der Waals surface area contributed by atoms with Crippen molar-refractivity contribution in [3.8, 4) is 0 Å². The molecule has 17 unspecified atom stereocenters. The minimum Gasteiger partial charge on any atom is -0.394 e. The minimum absolute atomic E-state index is 0.233. The maximum absolute atomic E-state index is 13.4. The molecule has 3 rings (SSSR count). The third kappa shape index (κ3) is 36.9.